The zero-order chi connectivity index (χ0) is 16.1. The van der Waals surface area contributed by atoms with Gasteiger partial charge in [-0.1, -0.05) is 48.5 Å². The van der Waals surface area contributed by atoms with Crippen LogP contribution in [-0.4, -0.2) is 26.9 Å². The number of hydrogen-bond donors (Lipinski definition) is 4. The van der Waals surface area contributed by atoms with E-state index in [-0.39, 0.29) is 12.6 Å². The number of nitrogens with two attached hydrogens (primary N) is 1. The Hall–Kier alpha value is -1.78. The van der Waals surface area contributed by atoms with Crippen LogP contribution in [0.3, 0.4) is 0 Å². The van der Waals surface area contributed by atoms with E-state index < -0.39 is 20.4 Å². The molecule has 1 unspecified atom stereocenters. The number of carbonyl (C=O) groups is 1. The number of carboxylic acids is 1. The summed E-state index contributed by atoms with van der Waals surface area (Å²) in [4.78, 5) is 29.4. The SMILES string of the molecule is NC(Cc1cccc(-c2ccccc2CP(O)O)c1)C(=O)O. The van der Waals surface area contributed by atoms with E-state index in [1.54, 1.807) is 0 Å². The van der Waals surface area contributed by atoms with Crippen molar-refractivity contribution in [1.82, 2.24) is 0 Å². The molecule has 5 N–H and O–H groups in total. The fraction of sp³-hybridized carbons (Fsp3) is 0.188. The molecule has 0 fully saturated rings. The van der Waals surface area contributed by atoms with Crippen LogP contribution in [0, 0.1) is 0 Å². The quantitative estimate of drug-likeness (QED) is 0.611. The number of rotatable bonds is 6. The van der Waals surface area contributed by atoms with Gasteiger partial charge < -0.3 is 20.6 Å². The van der Waals surface area contributed by atoms with Crippen molar-refractivity contribution in [2.75, 3.05) is 0 Å². The van der Waals surface area contributed by atoms with Crippen molar-refractivity contribution in [3.63, 3.8) is 0 Å². The van der Waals surface area contributed by atoms with Gasteiger partial charge in [-0.25, -0.2) is 0 Å². The molecule has 0 aliphatic heterocycles. The van der Waals surface area contributed by atoms with Crippen LogP contribution in [0.15, 0.2) is 48.5 Å². The summed E-state index contributed by atoms with van der Waals surface area (Å²) in [5.41, 5.74) is 9.06. The highest BCUT2D eigenvalue weighted by molar-refractivity contribution is 7.44. The average Bonchev–Trinajstić information content (AvgIpc) is 2.47. The summed E-state index contributed by atoms with van der Waals surface area (Å²) in [5.74, 6) is -1.03. The second-order valence-corrected chi connectivity index (χ2v) is 6.10. The smallest absolute Gasteiger partial charge is 0.320 e. The molecule has 2 rings (SSSR count). The molecule has 2 aromatic rings. The Morgan fingerprint density at radius 2 is 1.86 bits per heavy atom. The Bertz CT molecular complexity index is 660. The molecule has 0 saturated carbocycles. The van der Waals surface area contributed by atoms with Crippen LogP contribution in [0.5, 0.6) is 0 Å². The number of benzene rings is 2. The van der Waals surface area contributed by atoms with Crippen LogP contribution in [0.2, 0.25) is 0 Å². The fourth-order valence-electron chi connectivity index (χ4n) is 2.30. The zero-order valence-electron chi connectivity index (χ0n) is 11.9. The van der Waals surface area contributed by atoms with Crippen molar-refractivity contribution in [3.05, 3.63) is 59.7 Å². The number of hydrogen-bond acceptors (Lipinski definition) is 4. The van der Waals surface area contributed by atoms with Crippen LogP contribution in [-0.2, 0) is 17.4 Å². The largest absolute Gasteiger partial charge is 0.480 e. The molecule has 0 aliphatic rings. The van der Waals surface area contributed by atoms with Crippen molar-refractivity contribution < 1.29 is 19.7 Å². The lowest BCUT2D eigenvalue weighted by Crippen LogP contribution is -2.32. The van der Waals surface area contributed by atoms with Crippen LogP contribution in [0.1, 0.15) is 11.1 Å². The van der Waals surface area contributed by atoms with E-state index >= 15 is 0 Å². The third kappa shape index (κ3) is 4.36. The van der Waals surface area contributed by atoms with Crippen molar-refractivity contribution in [2.24, 2.45) is 5.73 Å². The van der Waals surface area contributed by atoms with E-state index in [2.05, 4.69) is 0 Å². The van der Waals surface area contributed by atoms with Gasteiger partial charge in [-0.3, -0.25) is 4.79 Å². The molecule has 0 heterocycles. The van der Waals surface area contributed by atoms with Gasteiger partial charge in [0.25, 0.3) is 0 Å². The summed E-state index contributed by atoms with van der Waals surface area (Å²) in [6.45, 7) is 0. The fourth-order valence-corrected chi connectivity index (χ4v) is 2.88. The maximum Gasteiger partial charge on any atom is 0.320 e. The van der Waals surface area contributed by atoms with Crippen molar-refractivity contribution in [3.8, 4) is 11.1 Å². The molecule has 5 nitrogen and oxygen atoms in total. The monoisotopic (exact) mass is 319 g/mol. The first-order valence-electron chi connectivity index (χ1n) is 6.78. The van der Waals surface area contributed by atoms with Crippen LogP contribution >= 0.6 is 8.38 Å². The lowest BCUT2D eigenvalue weighted by atomic mass is 9.97. The van der Waals surface area contributed by atoms with E-state index in [0.717, 1.165) is 22.3 Å². The summed E-state index contributed by atoms with van der Waals surface area (Å²) in [5, 5.41) is 8.89. The molecule has 22 heavy (non-hydrogen) atoms. The molecular formula is C16H18NO4P. The minimum Gasteiger partial charge on any atom is -0.480 e. The summed E-state index contributed by atoms with van der Waals surface area (Å²) in [7, 11) is -2.01. The van der Waals surface area contributed by atoms with Gasteiger partial charge in [0, 0.05) is 6.16 Å². The van der Waals surface area contributed by atoms with Gasteiger partial charge in [0.05, 0.1) is 0 Å². The Balaban J connectivity index is 2.32. The van der Waals surface area contributed by atoms with E-state index in [9.17, 15) is 14.6 Å². The molecular weight excluding hydrogens is 301 g/mol. The third-order valence-corrected chi connectivity index (χ3v) is 3.96. The third-order valence-electron chi connectivity index (χ3n) is 3.34. The van der Waals surface area contributed by atoms with Gasteiger partial charge in [-0.05, 0) is 28.7 Å². The Morgan fingerprint density at radius 3 is 2.55 bits per heavy atom. The van der Waals surface area contributed by atoms with E-state index in [1.165, 1.54) is 0 Å². The molecule has 0 radical (unpaired) electrons. The van der Waals surface area contributed by atoms with Crippen LogP contribution in [0.25, 0.3) is 11.1 Å². The van der Waals surface area contributed by atoms with Gasteiger partial charge in [0.2, 0.25) is 0 Å². The Morgan fingerprint density at radius 1 is 1.14 bits per heavy atom. The first-order valence-corrected chi connectivity index (χ1v) is 8.21. The highest BCUT2D eigenvalue weighted by Crippen LogP contribution is 2.34. The molecule has 116 valence electrons. The zero-order valence-corrected chi connectivity index (χ0v) is 12.8. The van der Waals surface area contributed by atoms with Crippen molar-refractivity contribution in [2.45, 2.75) is 18.6 Å². The number of aliphatic carboxylic acids is 1. The molecule has 1 atom stereocenters. The van der Waals surface area contributed by atoms with E-state index in [0.29, 0.717) is 0 Å². The first-order chi connectivity index (χ1) is 10.5. The normalized spacial score (nSPS) is 12.4. The minimum atomic E-state index is -2.01. The van der Waals surface area contributed by atoms with Gasteiger partial charge in [-0.2, -0.15) is 0 Å². The van der Waals surface area contributed by atoms with Gasteiger partial charge in [-0.15, -0.1) is 0 Å². The van der Waals surface area contributed by atoms with E-state index in [1.807, 2.05) is 48.5 Å². The topological polar surface area (TPSA) is 104 Å². The molecule has 0 saturated heterocycles. The molecule has 0 aliphatic carbocycles. The highest BCUT2D eigenvalue weighted by Gasteiger charge is 2.13. The Labute approximate surface area is 130 Å². The summed E-state index contributed by atoms with van der Waals surface area (Å²) >= 11 is 0. The molecule has 6 heteroatoms. The maximum absolute atomic E-state index is 10.9. The lowest BCUT2D eigenvalue weighted by molar-refractivity contribution is -0.138. The molecule has 2 aromatic carbocycles. The second kappa shape index (κ2) is 7.47. The highest BCUT2D eigenvalue weighted by atomic mass is 31.2. The minimum absolute atomic E-state index is 0.199. The molecule has 0 amide bonds. The predicted octanol–water partition coefficient (Wildman–Crippen LogP) is 2.10. The predicted molar refractivity (Wildman–Crippen MR) is 86.3 cm³/mol. The summed E-state index contributed by atoms with van der Waals surface area (Å²) < 4.78 is 0. The van der Waals surface area contributed by atoms with Crippen molar-refractivity contribution in [1.29, 1.82) is 0 Å². The molecule has 0 spiro atoms. The molecule has 0 bridgehead atoms. The van der Waals surface area contributed by atoms with Gasteiger partial charge in [0.15, 0.2) is 8.38 Å². The Kier molecular flexibility index (Phi) is 5.63. The average molecular weight is 319 g/mol. The van der Waals surface area contributed by atoms with Gasteiger partial charge in [0.1, 0.15) is 6.04 Å². The lowest BCUT2D eigenvalue weighted by Gasteiger charge is -2.12. The van der Waals surface area contributed by atoms with Gasteiger partial charge >= 0.3 is 5.97 Å². The maximum atomic E-state index is 10.9. The standard InChI is InChI=1S/C16H18NO4P/c17-15(16(18)19)9-11-4-3-6-12(8-11)14-7-2-1-5-13(14)10-22(20)21/h1-8,15,20-21H,9-10,17H2,(H,18,19). The van der Waals surface area contributed by atoms with Crippen LogP contribution in [0.4, 0.5) is 0 Å². The summed E-state index contributed by atoms with van der Waals surface area (Å²) in [6, 6.07) is 14.0. The van der Waals surface area contributed by atoms with Crippen molar-refractivity contribution >= 4 is 14.3 Å². The second-order valence-electron chi connectivity index (χ2n) is 5.04. The first kappa shape index (κ1) is 16.6. The van der Waals surface area contributed by atoms with Crippen LogP contribution < -0.4 is 5.73 Å². The summed E-state index contributed by atoms with van der Waals surface area (Å²) in [6.07, 6.45) is 0.447. The van der Waals surface area contributed by atoms with E-state index in [4.69, 9.17) is 10.8 Å². The number of carboxylic acid groups (broad SMARTS) is 1. The molecule has 0 aromatic heterocycles.